The molecule has 2 aliphatic heterocycles. The molecule has 0 unspecified atom stereocenters. The Morgan fingerprint density at radius 2 is 2.03 bits per heavy atom. The maximum Gasteiger partial charge on any atom is 0.264 e. The van der Waals surface area contributed by atoms with Crippen LogP contribution in [0.1, 0.15) is 35.2 Å². The van der Waals surface area contributed by atoms with E-state index >= 15 is 0 Å². The van der Waals surface area contributed by atoms with Crippen LogP contribution in [0.2, 0.25) is 5.28 Å². The molecule has 0 amide bonds. The molecule has 154 valence electrons. The van der Waals surface area contributed by atoms with Gasteiger partial charge in [-0.25, -0.2) is 13.8 Å². The number of fused-ring (bicyclic) bond motifs is 2. The molecule has 5 rings (SSSR count). The molecule has 0 spiro atoms. The summed E-state index contributed by atoms with van der Waals surface area (Å²) < 4.78 is 29.7. The van der Waals surface area contributed by atoms with Gasteiger partial charge in [0.05, 0.1) is 17.5 Å². The first kappa shape index (κ1) is 19.1. The predicted molar refractivity (Wildman–Crippen MR) is 112 cm³/mol. The maximum absolute atomic E-state index is 14.0. The van der Waals surface area contributed by atoms with Gasteiger partial charge in [-0.15, -0.1) is 0 Å². The van der Waals surface area contributed by atoms with E-state index in [1.807, 2.05) is 11.0 Å². The van der Waals surface area contributed by atoms with Crippen molar-refractivity contribution in [1.29, 1.82) is 0 Å². The van der Waals surface area contributed by atoms with E-state index < -0.39 is 6.43 Å². The average Bonchev–Trinajstić information content (AvgIpc) is 3.17. The number of alkyl halides is 2. The van der Waals surface area contributed by atoms with Gasteiger partial charge in [0.15, 0.2) is 0 Å². The molecule has 0 fully saturated rings. The Morgan fingerprint density at radius 3 is 2.80 bits per heavy atom. The normalized spacial score (nSPS) is 15.4. The van der Waals surface area contributed by atoms with Crippen molar-refractivity contribution in [2.24, 2.45) is 12.0 Å². The van der Waals surface area contributed by atoms with E-state index in [1.54, 1.807) is 36.4 Å². The van der Waals surface area contributed by atoms with Gasteiger partial charge in [0, 0.05) is 55.8 Å². The van der Waals surface area contributed by atoms with Gasteiger partial charge in [-0.3, -0.25) is 9.67 Å². The first-order valence-electron chi connectivity index (χ1n) is 9.79. The molecule has 0 saturated carbocycles. The fraction of sp³-hybridized carbons (Fsp3) is 0.333. The molecule has 0 saturated heterocycles. The predicted octanol–water partition coefficient (Wildman–Crippen LogP) is 4.53. The van der Waals surface area contributed by atoms with Crippen LogP contribution in [0.3, 0.4) is 0 Å². The van der Waals surface area contributed by atoms with E-state index in [4.69, 9.17) is 11.6 Å². The Bertz CT molecular complexity index is 1160. The van der Waals surface area contributed by atoms with Gasteiger partial charge >= 0.3 is 0 Å². The Morgan fingerprint density at radius 1 is 1.17 bits per heavy atom. The highest BCUT2D eigenvalue weighted by atomic mass is 35.5. The van der Waals surface area contributed by atoms with Gasteiger partial charge in [-0.05, 0) is 47.7 Å². The summed E-state index contributed by atoms with van der Waals surface area (Å²) in [6, 6.07) is 3.45. The van der Waals surface area contributed by atoms with Crippen molar-refractivity contribution in [3.63, 3.8) is 0 Å². The van der Waals surface area contributed by atoms with Crippen LogP contribution < -0.4 is 4.90 Å². The number of aryl methyl sites for hydroxylation is 2. The van der Waals surface area contributed by atoms with Crippen LogP contribution in [-0.4, -0.2) is 39.1 Å². The molecule has 4 heterocycles. The van der Waals surface area contributed by atoms with E-state index in [1.165, 1.54) is 0 Å². The number of hydrogen-bond donors (Lipinski definition) is 0. The molecule has 9 heteroatoms. The lowest BCUT2D eigenvalue weighted by Gasteiger charge is -2.33. The molecule has 3 aromatic rings. The van der Waals surface area contributed by atoms with Crippen molar-refractivity contribution in [1.82, 2.24) is 19.7 Å². The van der Waals surface area contributed by atoms with Crippen molar-refractivity contribution in [2.45, 2.75) is 25.7 Å². The van der Waals surface area contributed by atoms with Gasteiger partial charge < -0.3 is 4.90 Å². The topological polar surface area (TPSA) is 59.2 Å². The molecule has 0 aliphatic carbocycles. The summed E-state index contributed by atoms with van der Waals surface area (Å²) in [6.07, 6.45) is 4.88. The summed E-state index contributed by atoms with van der Waals surface area (Å²) in [7, 11) is 1.77. The lowest BCUT2D eigenvalue weighted by molar-refractivity contribution is 0.152. The second kappa shape index (κ2) is 7.43. The third-order valence-electron chi connectivity index (χ3n) is 5.55. The van der Waals surface area contributed by atoms with Crippen LogP contribution >= 0.6 is 11.6 Å². The van der Waals surface area contributed by atoms with Crippen LogP contribution in [0.4, 0.5) is 20.3 Å². The van der Waals surface area contributed by atoms with Crippen molar-refractivity contribution in [2.75, 3.05) is 18.0 Å². The lowest BCUT2D eigenvalue weighted by Crippen LogP contribution is -2.28. The van der Waals surface area contributed by atoms with Crippen molar-refractivity contribution in [3.05, 3.63) is 52.2 Å². The Hall–Kier alpha value is -2.87. The summed E-state index contributed by atoms with van der Waals surface area (Å²) in [5.41, 5.74) is 4.57. The molecule has 6 nitrogen and oxygen atoms in total. The Kier molecular flexibility index (Phi) is 4.73. The number of hydrogen-bond acceptors (Lipinski definition) is 5. The van der Waals surface area contributed by atoms with E-state index in [9.17, 15) is 8.78 Å². The highest BCUT2D eigenvalue weighted by Crippen LogP contribution is 2.42. The monoisotopic (exact) mass is 428 g/mol. The second-order valence-electron chi connectivity index (χ2n) is 7.49. The van der Waals surface area contributed by atoms with Crippen molar-refractivity contribution >= 4 is 29.3 Å². The SMILES string of the molecule is Cn1cc(-c2cc3c(cc2C(F)F)N(c2nc(Cl)nc4c2C=NCC4)CCC3)cn1. The van der Waals surface area contributed by atoms with E-state index in [0.29, 0.717) is 36.5 Å². The summed E-state index contributed by atoms with van der Waals surface area (Å²) in [4.78, 5) is 15.1. The van der Waals surface area contributed by atoms with E-state index in [0.717, 1.165) is 35.3 Å². The Balaban J connectivity index is 1.68. The van der Waals surface area contributed by atoms with Crippen LogP contribution in [0.5, 0.6) is 0 Å². The molecule has 1 aromatic carbocycles. The molecule has 0 atom stereocenters. The van der Waals surface area contributed by atoms with Gasteiger partial charge in [-0.1, -0.05) is 0 Å². The smallest absolute Gasteiger partial charge is 0.264 e. The number of rotatable bonds is 3. The third kappa shape index (κ3) is 3.25. The minimum atomic E-state index is -2.61. The maximum atomic E-state index is 14.0. The van der Waals surface area contributed by atoms with E-state index in [-0.39, 0.29) is 10.8 Å². The summed E-state index contributed by atoms with van der Waals surface area (Å²) in [6.45, 7) is 1.32. The average molecular weight is 429 g/mol. The zero-order valence-corrected chi connectivity index (χ0v) is 17.1. The number of benzene rings is 1. The molecule has 0 radical (unpaired) electrons. The van der Waals surface area contributed by atoms with Gasteiger partial charge in [0.1, 0.15) is 5.82 Å². The third-order valence-corrected chi connectivity index (χ3v) is 5.72. The highest BCUT2D eigenvalue weighted by Gasteiger charge is 2.28. The summed E-state index contributed by atoms with van der Waals surface area (Å²) >= 11 is 6.19. The van der Waals surface area contributed by atoms with Crippen molar-refractivity contribution in [3.8, 4) is 11.1 Å². The van der Waals surface area contributed by atoms with Crippen LogP contribution in [0, 0.1) is 0 Å². The number of nitrogens with zero attached hydrogens (tertiary/aromatic N) is 6. The fourth-order valence-electron chi connectivity index (χ4n) is 4.19. The van der Waals surface area contributed by atoms with Crippen LogP contribution in [-0.2, 0) is 19.9 Å². The molecule has 2 aliphatic rings. The van der Waals surface area contributed by atoms with E-state index in [2.05, 4.69) is 20.1 Å². The van der Waals surface area contributed by atoms with Crippen LogP contribution in [0.25, 0.3) is 11.1 Å². The number of anilines is 2. The van der Waals surface area contributed by atoms with Gasteiger partial charge in [0.25, 0.3) is 6.43 Å². The molecule has 2 aromatic heterocycles. The lowest BCUT2D eigenvalue weighted by atomic mass is 9.93. The standard InChI is InChI=1S/C21H19ClF2N6/c1-29-11-13(9-26-29)14-7-12-3-2-6-30(18(12)8-15(14)19(23)24)20-16-10-25-5-4-17(16)27-21(22)28-20/h7-11,19H,2-6H2,1H3. The minimum Gasteiger partial charge on any atom is -0.325 e. The molecule has 0 N–H and O–H groups in total. The quantitative estimate of drug-likeness (QED) is 0.575. The van der Waals surface area contributed by atoms with Gasteiger partial charge in [0.2, 0.25) is 5.28 Å². The minimum absolute atomic E-state index is 0.0173. The Labute approximate surface area is 177 Å². The zero-order chi connectivity index (χ0) is 20.8. The highest BCUT2D eigenvalue weighted by molar-refractivity contribution is 6.28. The van der Waals surface area contributed by atoms with Crippen molar-refractivity contribution < 1.29 is 8.78 Å². The summed E-state index contributed by atoms with van der Waals surface area (Å²) in [5.74, 6) is 0.628. The van der Waals surface area contributed by atoms with Gasteiger partial charge in [-0.2, -0.15) is 10.1 Å². The zero-order valence-electron chi connectivity index (χ0n) is 16.3. The largest absolute Gasteiger partial charge is 0.325 e. The molecule has 0 bridgehead atoms. The second-order valence-corrected chi connectivity index (χ2v) is 7.83. The molecule has 30 heavy (non-hydrogen) atoms. The number of halogens is 3. The molecular formula is C21H19ClF2N6. The summed E-state index contributed by atoms with van der Waals surface area (Å²) in [5, 5.41) is 4.30. The van der Waals surface area contributed by atoms with Crippen LogP contribution in [0.15, 0.2) is 29.5 Å². The fourth-order valence-corrected chi connectivity index (χ4v) is 4.37. The molecular weight excluding hydrogens is 410 g/mol. The first-order chi connectivity index (χ1) is 14.5. The number of aliphatic imine (C=N–C) groups is 1. The number of aromatic nitrogens is 4. The first-order valence-corrected chi connectivity index (χ1v) is 10.2.